The second-order valence-electron chi connectivity index (χ2n) is 6.84. The second kappa shape index (κ2) is 8.99. The lowest BCUT2D eigenvalue weighted by atomic mass is 10.00. The largest absolute Gasteiger partial charge is 0.507 e. The minimum Gasteiger partial charge on any atom is -0.507 e. The van der Waals surface area contributed by atoms with Gasteiger partial charge < -0.3 is 14.9 Å². The van der Waals surface area contributed by atoms with Gasteiger partial charge in [0.25, 0.3) is 0 Å². The summed E-state index contributed by atoms with van der Waals surface area (Å²) in [7, 11) is 7.71. The molecular formula is C21H25ClN2O2. The number of ketones is 1. The molecule has 0 radical (unpaired) electrons. The zero-order valence-corrected chi connectivity index (χ0v) is 16.4. The van der Waals surface area contributed by atoms with E-state index in [1.165, 1.54) is 6.08 Å². The van der Waals surface area contributed by atoms with Crippen molar-refractivity contribution in [2.24, 2.45) is 0 Å². The van der Waals surface area contributed by atoms with Crippen molar-refractivity contribution in [2.75, 3.05) is 28.2 Å². The van der Waals surface area contributed by atoms with E-state index in [4.69, 9.17) is 11.6 Å². The summed E-state index contributed by atoms with van der Waals surface area (Å²) in [5.41, 5.74) is 2.83. The van der Waals surface area contributed by atoms with E-state index in [-0.39, 0.29) is 11.5 Å². The maximum Gasteiger partial charge on any atom is 0.185 e. The molecule has 0 unspecified atom stereocenters. The smallest absolute Gasteiger partial charge is 0.185 e. The normalized spacial score (nSPS) is 11.7. The van der Waals surface area contributed by atoms with E-state index in [2.05, 4.69) is 0 Å². The molecule has 4 nitrogen and oxygen atoms in total. The van der Waals surface area contributed by atoms with Crippen molar-refractivity contribution in [3.63, 3.8) is 0 Å². The van der Waals surface area contributed by atoms with Crippen LogP contribution in [0.1, 0.15) is 27.0 Å². The molecule has 0 heterocycles. The molecule has 0 aromatic heterocycles. The predicted molar refractivity (Wildman–Crippen MR) is 108 cm³/mol. The van der Waals surface area contributed by atoms with E-state index in [1.807, 2.05) is 56.2 Å². The topological polar surface area (TPSA) is 43.8 Å². The molecule has 2 aromatic carbocycles. The minimum atomic E-state index is -0.120. The van der Waals surface area contributed by atoms with Crippen molar-refractivity contribution in [1.82, 2.24) is 9.80 Å². The Hall–Kier alpha value is -2.14. The van der Waals surface area contributed by atoms with Crippen molar-refractivity contribution in [2.45, 2.75) is 13.1 Å². The highest BCUT2D eigenvalue weighted by molar-refractivity contribution is 6.32. The summed E-state index contributed by atoms with van der Waals surface area (Å²) in [5, 5.41) is 11.1. The first kappa shape index (κ1) is 20.2. The summed E-state index contributed by atoms with van der Waals surface area (Å²) < 4.78 is 0. The third-order valence-corrected chi connectivity index (χ3v) is 4.19. The van der Waals surface area contributed by atoms with Gasteiger partial charge in [0.2, 0.25) is 0 Å². The van der Waals surface area contributed by atoms with E-state index in [9.17, 15) is 9.90 Å². The first-order valence-electron chi connectivity index (χ1n) is 8.39. The maximum absolute atomic E-state index is 12.7. The molecule has 2 rings (SSSR count). The molecule has 0 aliphatic rings. The van der Waals surface area contributed by atoms with Crippen molar-refractivity contribution in [3.8, 4) is 5.75 Å². The van der Waals surface area contributed by atoms with Gasteiger partial charge in [0.15, 0.2) is 5.78 Å². The molecule has 0 bridgehead atoms. The number of phenolic OH excluding ortho intramolecular Hbond substituents is 1. The molecule has 0 saturated carbocycles. The van der Waals surface area contributed by atoms with Crippen LogP contribution in [0.4, 0.5) is 0 Å². The molecule has 0 fully saturated rings. The van der Waals surface area contributed by atoms with Gasteiger partial charge in [-0.2, -0.15) is 0 Å². The highest BCUT2D eigenvalue weighted by Gasteiger charge is 2.14. The number of allylic oxidation sites excluding steroid dienone is 1. The fraction of sp³-hybridized carbons (Fsp3) is 0.286. The third-order valence-electron chi connectivity index (χ3n) is 3.84. The fourth-order valence-electron chi connectivity index (χ4n) is 2.70. The van der Waals surface area contributed by atoms with Gasteiger partial charge >= 0.3 is 0 Å². The lowest BCUT2D eigenvalue weighted by Gasteiger charge is -2.17. The number of rotatable bonds is 7. The zero-order chi connectivity index (χ0) is 19.3. The molecule has 0 atom stereocenters. The van der Waals surface area contributed by atoms with Crippen molar-refractivity contribution < 1.29 is 9.90 Å². The SMILES string of the molecule is CN(C)Cc1cc(C(=O)C=Cc2ccccc2Cl)cc(CN(C)C)c1O. The summed E-state index contributed by atoms with van der Waals surface area (Å²) in [6.45, 7) is 1.11. The lowest BCUT2D eigenvalue weighted by Crippen LogP contribution is -2.15. The van der Waals surface area contributed by atoms with Crippen LogP contribution in [0.5, 0.6) is 5.75 Å². The first-order valence-corrected chi connectivity index (χ1v) is 8.77. The molecule has 0 aliphatic heterocycles. The van der Waals surface area contributed by atoms with Gasteiger partial charge in [-0.05, 0) is 64.1 Å². The van der Waals surface area contributed by atoms with Crippen LogP contribution in [0, 0.1) is 0 Å². The summed E-state index contributed by atoms with van der Waals surface area (Å²) in [4.78, 5) is 16.6. The Labute approximate surface area is 160 Å². The van der Waals surface area contributed by atoms with Gasteiger partial charge in [0.1, 0.15) is 5.75 Å². The van der Waals surface area contributed by atoms with Crippen LogP contribution in [-0.2, 0) is 13.1 Å². The number of hydrogen-bond acceptors (Lipinski definition) is 4. The standard InChI is InChI=1S/C21H25ClN2O2/c1-23(2)13-17-11-16(12-18(21(17)26)14-24(3)4)20(25)10-9-15-7-5-6-8-19(15)22/h5-12,26H,13-14H2,1-4H3. The zero-order valence-electron chi connectivity index (χ0n) is 15.7. The average molecular weight is 373 g/mol. The average Bonchev–Trinajstić information content (AvgIpc) is 2.56. The number of nitrogens with zero attached hydrogens (tertiary/aromatic N) is 2. The first-order chi connectivity index (χ1) is 12.3. The van der Waals surface area contributed by atoms with Gasteiger partial charge in [-0.3, -0.25) is 4.79 Å². The molecule has 26 heavy (non-hydrogen) atoms. The Balaban J connectivity index is 2.37. The van der Waals surface area contributed by atoms with Crippen LogP contribution < -0.4 is 0 Å². The number of carbonyl (C=O) groups is 1. The quantitative estimate of drug-likeness (QED) is 0.588. The number of benzene rings is 2. The Morgan fingerprint density at radius 1 is 1.04 bits per heavy atom. The summed E-state index contributed by atoms with van der Waals surface area (Å²) in [5.74, 6) is 0.129. The monoisotopic (exact) mass is 372 g/mol. The van der Waals surface area contributed by atoms with Crippen LogP contribution in [0.25, 0.3) is 6.08 Å². The Kier molecular flexibility index (Phi) is 6.98. The molecular weight excluding hydrogens is 348 g/mol. The second-order valence-corrected chi connectivity index (χ2v) is 7.24. The number of carbonyl (C=O) groups excluding carboxylic acids is 1. The molecule has 1 N–H and O–H groups in total. The number of halogens is 1. The number of aromatic hydroxyl groups is 1. The van der Waals surface area contributed by atoms with E-state index in [0.717, 1.165) is 16.7 Å². The molecule has 5 heteroatoms. The lowest BCUT2D eigenvalue weighted by molar-refractivity contribution is 0.104. The van der Waals surface area contributed by atoms with Crippen molar-refractivity contribution >= 4 is 23.5 Å². The van der Waals surface area contributed by atoms with E-state index in [1.54, 1.807) is 24.3 Å². The molecule has 0 saturated heterocycles. The van der Waals surface area contributed by atoms with Crippen LogP contribution in [0.2, 0.25) is 5.02 Å². The maximum atomic E-state index is 12.7. The third kappa shape index (κ3) is 5.43. The van der Waals surface area contributed by atoms with E-state index in [0.29, 0.717) is 23.7 Å². The van der Waals surface area contributed by atoms with Crippen LogP contribution >= 0.6 is 11.6 Å². The minimum absolute atomic E-state index is 0.120. The molecule has 138 valence electrons. The van der Waals surface area contributed by atoms with Gasteiger partial charge in [0.05, 0.1) is 0 Å². The Morgan fingerprint density at radius 3 is 2.08 bits per heavy atom. The van der Waals surface area contributed by atoms with E-state index < -0.39 is 0 Å². The van der Waals surface area contributed by atoms with Gasteiger partial charge in [-0.1, -0.05) is 29.8 Å². The molecule has 0 amide bonds. The highest BCUT2D eigenvalue weighted by atomic mass is 35.5. The van der Waals surface area contributed by atoms with Crippen molar-refractivity contribution in [3.05, 3.63) is 69.8 Å². The van der Waals surface area contributed by atoms with E-state index >= 15 is 0 Å². The highest BCUT2D eigenvalue weighted by Crippen LogP contribution is 2.27. The predicted octanol–water partition coefficient (Wildman–Crippen LogP) is 4.06. The van der Waals surface area contributed by atoms with Crippen LogP contribution in [-0.4, -0.2) is 48.9 Å². The van der Waals surface area contributed by atoms with Gasteiger partial charge in [-0.15, -0.1) is 0 Å². The Bertz CT molecular complexity index is 782. The van der Waals surface area contributed by atoms with Crippen LogP contribution in [0.15, 0.2) is 42.5 Å². The summed E-state index contributed by atoms with van der Waals surface area (Å²) in [6.07, 6.45) is 3.24. The van der Waals surface area contributed by atoms with Crippen LogP contribution in [0.3, 0.4) is 0 Å². The summed E-state index contributed by atoms with van der Waals surface area (Å²) >= 11 is 6.13. The van der Waals surface area contributed by atoms with Crippen molar-refractivity contribution in [1.29, 1.82) is 0 Å². The molecule has 0 aliphatic carbocycles. The fourth-order valence-corrected chi connectivity index (χ4v) is 2.90. The number of phenols is 1. The number of hydrogen-bond donors (Lipinski definition) is 1. The van der Waals surface area contributed by atoms with Gasteiger partial charge in [0, 0.05) is 34.8 Å². The Morgan fingerprint density at radius 2 is 1.58 bits per heavy atom. The molecule has 2 aromatic rings. The van der Waals surface area contributed by atoms with Gasteiger partial charge in [-0.25, -0.2) is 0 Å². The summed E-state index contributed by atoms with van der Waals surface area (Å²) in [6, 6.07) is 10.9. The molecule has 0 spiro atoms.